The number of rotatable bonds is 1. The van der Waals surface area contributed by atoms with E-state index in [1.807, 2.05) is 0 Å². The van der Waals surface area contributed by atoms with Gasteiger partial charge in [0.1, 0.15) is 5.75 Å². The Morgan fingerprint density at radius 3 is 2.77 bits per heavy atom. The lowest BCUT2D eigenvalue weighted by Gasteiger charge is -2.02. The van der Waals surface area contributed by atoms with Gasteiger partial charge in [0.05, 0.1) is 5.69 Å². The fourth-order valence-corrected chi connectivity index (χ4v) is 1.34. The lowest BCUT2D eigenvalue weighted by Crippen LogP contribution is -1.93. The summed E-state index contributed by atoms with van der Waals surface area (Å²) >= 11 is 5.77. The molecule has 0 unspecified atom stereocenters. The predicted octanol–water partition coefficient (Wildman–Crippen LogP) is 2.23. The Kier molecular flexibility index (Phi) is 1.94. The SMILES string of the molecule is Oc1cc(Cl)cc(-n2cccn2)c1. The number of hydrogen-bond donors (Lipinski definition) is 1. The van der Waals surface area contributed by atoms with Crippen LogP contribution in [0, 0.1) is 0 Å². The molecule has 2 aromatic rings. The third-order valence-corrected chi connectivity index (χ3v) is 1.85. The lowest BCUT2D eigenvalue weighted by atomic mass is 10.3. The monoisotopic (exact) mass is 194 g/mol. The summed E-state index contributed by atoms with van der Waals surface area (Å²) in [6.45, 7) is 0. The van der Waals surface area contributed by atoms with Crippen LogP contribution in [0.3, 0.4) is 0 Å². The summed E-state index contributed by atoms with van der Waals surface area (Å²) < 4.78 is 1.63. The number of nitrogens with zero attached hydrogens (tertiary/aromatic N) is 2. The molecule has 0 saturated heterocycles. The van der Waals surface area contributed by atoms with E-state index in [2.05, 4.69) is 5.10 Å². The van der Waals surface area contributed by atoms with Crippen molar-refractivity contribution in [2.24, 2.45) is 0 Å². The molecule has 4 heteroatoms. The van der Waals surface area contributed by atoms with Crippen molar-refractivity contribution in [1.29, 1.82) is 0 Å². The highest BCUT2D eigenvalue weighted by Crippen LogP contribution is 2.21. The zero-order valence-electron chi connectivity index (χ0n) is 6.68. The summed E-state index contributed by atoms with van der Waals surface area (Å²) in [4.78, 5) is 0. The van der Waals surface area contributed by atoms with Gasteiger partial charge >= 0.3 is 0 Å². The number of benzene rings is 1. The summed E-state index contributed by atoms with van der Waals surface area (Å²) in [7, 11) is 0. The Balaban J connectivity index is 2.53. The molecule has 1 aromatic carbocycles. The standard InChI is InChI=1S/C9H7ClN2O/c10-7-4-8(6-9(13)5-7)12-3-1-2-11-12/h1-6,13H. The van der Waals surface area contributed by atoms with Crippen LogP contribution in [0.2, 0.25) is 5.02 Å². The van der Waals surface area contributed by atoms with E-state index in [-0.39, 0.29) is 5.75 Å². The molecule has 0 aliphatic rings. The minimum atomic E-state index is 0.137. The molecule has 0 fully saturated rings. The van der Waals surface area contributed by atoms with E-state index in [1.54, 1.807) is 35.3 Å². The molecule has 0 saturated carbocycles. The van der Waals surface area contributed by atoms with Crippen molar-refractivity contribution in [2.75, 3.05) is 0 Å². The van der Waals surface area contributed by atoms with Crippen LogP contribution in [0.15, 0.2) is 36.7 Å². The Morgan fingerprint density at radius 2 is 2.15 bits per heavy atom. The Morgan fingerprint density at radius 1 is 1.31 bits per heavy atom. The van der Waals surface area contributed by atoms with Crippen LogP contribution in [0.1, 0.15) is 0 Å². The summed E-state index contributed by atoms with van der Waals surface area (Å²) in [5, 5.41) is 13.8. The Hall–Kier alpha value is -1.48. The van der Waals surface area contributed by atoms with Crippen molar-refractivity contribution in [3.8, 4) is 11.4 Å². The highest BCUT2D eigenvalue weighted by Gasteiger charge is 1.99. The van der Waals surface area contributed by atoms with Crippen LogP contribution in [-0.4, -0.2) is 14.9 Å². The fraction of sp³-hybridized carbons (Fsp3) is 0. The average molecular weight is 195 g/mol. The topological polar surface area (TPSA) is 38.0 Å². The van der Waals surface area contributed by atoms with E-state index < -0.39 is 0 Å². The number of hydrogen-bond acceptors (Lipinski definition) is 2. The molecule has 0 atom stereocenters. The van der Waals surface area contributed by atoms with Crippen LogP contribution < -0.4 is 0 Å². The quantitative estimate of drug-likeness (QED) is 0.756. The molecule has 0 radical (unpaired) electrons. The second kappa shape index (κ2) is 3.11. The van der Waals surface area contributed by atoms with Gasteiger partial charge in [-0.05, 0) is 18.2 Å². The maximum Gasteiger partial charge on any atom is 0.119 e. The average Bonchev–Trinajstić information content (AvgIpc) is 2.53. The smallest absolute Gasteiger partial charge is 0.119 e. The number of phenolic OH excluding ortho intramolecular Hbond substituents is 1. The summed E-state index contributed by atoms with van der Waals surface area (Å²) in [5.74, 6) is 0.137. The molecule has 0 bridgehead atoms. The minimum absolute atomic E-state index is 0.137. The third-order valence-electron chi connectivity index (χ3n) is 1.64. The molecule has 0 amide bonds. The third kappa shape index (κ3) is 1.65. The molecule has 2 rings (SSSR count). The molecule has 13 heavy (non-hydrogen) atoms. The van der Waals surface area contributed by atoms with Crippen LogP contribution in [0.25, 0.3) is 5.69 Å². The first kappa shape index (κ1) is 8.13. The minimum Gasteiger partial charge on any atom is -0.508 e. The predicted molar refractivity (Wildman–Crippen MR) is 50.2 cm³/mol. The zero-order valence-corrected chi connectivity index (χ0v) is 7.44. The first-order chi connectivity index (χ1) is 6.25. The van der Waals surface area contributed by atoms with Gasteiger partial charge in [-0.25, -0.2) is 4.68 Å². The summed E-state index contributed by atoms with van der Waals surface area (Å²) in [6.07, 6.45) is 3.45. The molecule has 1 heterocycles. The van der Waals surface area contributed by atoms with Gasteiger partial charge in [-0.2, -0.15) is 5.10 Å². The van der Waals surface area contributed by atoms with Crippen molar-refractivity contribution in [1.82, 2.24) is 9.78 Å². The normalized spacial score (nSPS) is 10.2. The maximum absolute atomic E-state index is 9.27. The van der Waals surface area contributed by atoms with Crippen molar-refractivity contribution >= 4 is 11.6 Å². The van der Waals surface area contributed by atoms with Gasteiger partial charge in [0, 0.05) is 23.5 Å². The van der Waals surface area contributed by atoms with Gasteiger partial charge in [-0.1, -0.05) is 11.6 Å². The van der Waals surface area contributed by atoms with Gasteiger partial charge in [0.2, 0.25) is 0 Å². The van der Waals surface area contributed by atoms with Crippen LogP contribution in [0.5, 0.6) is 5.75 Å². The van der Waals surface area contributed by atoms with Gasteiger partial charge in [0.15, 0.2) is 0 Å². The second-order valence-corrected chi connectivity index (χ2v) is 3.05. The highest BCUT2D eigenvalue weighted by atomic mass is 35.5. The van der Waals surface area contributed by atoms with E-state index in [1.165, 1.54) is 6.07 Å². The summed E-state index contributed by atoms with van der Waals surface area (Å²) in [5.41, 5.74) is 0.745. The van der Waals surface area contributed by atoms with Crippen LogP contribution in [0.4, 0.5) is 0 Å². The second-order valence-electron chi connectivity index (χ2n) is 2.62. The molecule has 1 N–H and O–H groups in total. The number of aromatic nitrogens is 2. The Bertz CT molecular complexity index is 391. The van der Waals surface area contributed by atoms with Gasteiger partial charge < -0.3 is 5.11 Å². The van der Waals surface area contributed by atoms with Crippen LogP contribution in [-0.2, 0) is 0 Å². The largest absolute Gasteiger partial charge is 0.508 e. The van der Waals surface area contributed by atoms with Crippen molar-refractivity contribution in [3.05, 3.63) is 41.7 Å². The van der Waals surface area contributed by atoms with E-state index in [0.29, 0.717) is 5.02 Å². The van der Waals surface area contributed by atoms with Gasteiger partial charge in [-0.3, -0.25) is 0 Å². The molecule has 3 nitrogen and oxygen atoms in total. The number of phenols is 1. The van der Waals surface area contributed by atoms with Gasteiger partial charge in [0.25, 0.3) is 0 Å². The maximum atomic E-state index is 9.27. The van der Waals surface area contributed by atoms with Crippen molar-refractivity contribution in [2.45, 2.75) is 0 Å². The van der Waals surface area contributed by atoms with E-state index >= 15 is 0 Å². The molecule has 0 aliphatic carbocycles. The lowest BCUT2D eigenvalue weighted by molar-refractivity contribution is 0.475. The first-order valence-corrected chi connectivity index (χ1v) is 4.13. The Labute approximate surface area is 80.2 Å². The molecular formula is C9H7ClN2O. The van der Waals surface area contributed by atoms with E-state index in [9.17, 15) is 5.11 Å². The molecule has 0 spiro atoms. The number of aromatic hydroxyl groups is 1. The van der Waals surface area contributed by atoms with Crippen molar-refractivity contribution < 1.29 is 5.11 Å². The zero-order chi connectivity index (χ0) is 9.26. The van der Waals surface area contributed by atoms with Crippen LogP contribution >= 0.6 is 11.6 Å². The van der Waals surface area contributed by atoms with E-state index in [0.717, 1.165) is 5.69 Å². The highest BCUT2D eigenvalue weighted by molar-refractivity contribution is 6.30. The van der Waals surface area contributed by atoms with Gasteiger partial charge in [-0.15, -0.1) is 0 Å². The summed E-state index contributed by atoms with van der Waals surface area (Å²) in [6, 6.07) is 6.61. The first-order valence-electron chi connectivity index (χ1n) is 3.75. The molecular weight excluding hydrogens is 188 g/mol. The molecule has 0 aliphatic heterocycles. The van der Waals surface area contributed by atoms with Crippen molar-refractivity contribution in [3.63, 3.8) is 0 Å². The molecule has 1 aromatic heterocycles. The molecule has 66 valence electrons. The number of halogens is 1. The van der Waals surface area contributed by atoms with E-state index in [4.69, 9.17) is 11.6 Å². The fourth-order valence-electron chi connectivity index (χ4n) is 1.11.